The van der Waals surface area contributed by atoms with Crippen LogP contribution in [0.15, 0.2) is 0 Å². The van der Waals surface area contributed by atoms with E-state index in [0.717, 1.165) is 43.0 Å². The molecule has 1 aliphatic heterocycles. The van der Waals surface area contributed by atoms with Crippen LogP contribution in [0.2, 0.25) is 0 Å². The second-order valence-corrected chi connectivity index (χ2v) is 4.94. The number of nitrogen functional groups attached to an aromatic ring is 1. The average molecular weight is 263 g/mol. The fourth-order valence-corrected chi connectivity index (χ4v) is 2.44. The van der Waals surface area contributed by atoms with Gasteiger partial charge in [-0.25, -0.2) is 0 Å². The van der Waals surface area contributed by atoms with Crippen molar-refractivity contribution in [1.82, 2.24) is 10.2 Å². The van der Waals surface area contributed by atoms with Crippen molar-refractivity contribution >= 4 is 11.7 Å². The molecular weight excluding hydrogens is 242 g/mol. The summed E-state index contributed by atoms with van der Waals surface area (Å²) >= 11 is 0. The summed E-state index contributed by atoms with van der Waals surface area (Å²) in [5.41, 5.74) is 8.18. The summed E-state index contributed by atoms with van der Waals surface area (Å²) in [6.07, 6.45) is 2.24. The Morgan fingerprint density at radius 1 is 1.32 bits per heavy atom. The Balaban J connectivity index is 2.30. The van der Waals surface area contributed by atoms with Gasteiger partial charge in [-0.2, -0.15) is 5.10 Å². The van der Waals surface area contributed by atoms with Gasteiger partial charge in [0.15, 0.2) is 5.82 Å². The third-order valence-corrected chi connectivity index (χ3v) is 3.78. The molecule has 1 aromatic rings. The molecule has 1 saturated heterocycles. The van der Waals surface area contributed by atoms with Gasteiger partial charge in [-0.1, -0.05) is 0 Å². The Kier molecular flexibility index (Phi) is 3.99. The van der Waals surface area contributed by atoms with Crippen molar-refractivity contribution < 1.29 is 4.74 Å². The highest BCUT2D eigenvalue weighted by molar-refractivity contribution is 6.01. The van der Waals surface area contributed by atoms with Crippen LogP contribution in [0.3, 0.4) is 0 Å². The van der Waals surface area contributed by atoms with E-state index in [1.165, 1.54) is 0 Å². The molecule has 2 heterocycles. The molecule has 19 heavy (non-hydrogen) atoms. The van der Waals surface area contributed by atoms with Crippen LogP contribution >= 0.6 is 0 Å². The Labute approximate surface area is 113 Å². The van der Waals surface area contributed by atoms with E-state index in [0.29, 0.717) is 11.7 Å². The first kappa shape index (κ1) is 13.7. The lowest BCUT2D eigenvalue weighted by atomic mass is 10.0. The number of nitrogens with zero attached hydrogens (tertiary/aromatic N) is 3. The van der Waals surface area contributed by atoms with E-state index in [-0.39, 0.29) is 5.84 Å². The maximum absolute atomic E-state index is 7.77. The number of ether oxygens (including phenoxy) is 1. The van der Waals surface area contributed by atoms with Gasteiger partial charge in [-0.15, -0.1) is 5.10 Å². The number of nitrogens with two attached hydrogens (primary N) is 1. The largest absolute Gasteiger partial charge is 0.384 e. The molecular formula is C13H21N5O. The zero-order valence-electron chi connectivity index (χ0n) is 11.7. The maximum atomic E-state index is 7.77. The number of aromatic nitrogens is 2. The second-order valence-electron chi connectivity index (χ2n) is 4.94. The summed E-state index contributed by atoms with van der Waals surface area (Å²) in [5.74, 6) is 0.782. The number of hydrogen-bond donors (Lipinski definition) is 2. The topological polar surface area (TPSA) is 88.1 Å². The minimum atomic E-state index is 0.0550. The molecule has 0 spiro atoms. The van der Waals surface area contributed by atoms with Gasteiger partial charge in [0.2, 0.25) is 0 Å². The molecule has 0 atom stereocenters. The first-order chi connectivity index (χ1) is 9.04. The molecule has 6 nitrogen and oxygen atoms in total. The van der Waals surface area contributed by atoms with Crippen molar-refractivity contribution in [3.63, 3.8) is 0 Å². The number of anilines is 1. The summed E-state index contributed by atoms with van der Waals surface area (Å²) in [5, 5.41) is 16.2. The standard InChI is InChI=1S/C13H21N5O/c1-8-9(2)16-17-13(11(8)12(14)15)18-6-4-10(19-3)5-7-18/h10H,4-7H2,1-3H3,(H3,14,15). The van der Waals surface area contributed by atoms with Crippen LogP contribution in [0.1, 0.15) is 29.7 Å². The number of methoxy groups -OCH3 is 1. The molecule has 1 aliphatic rings. The number of nitrogens with one attached hydrogen (secondary N) is 1. The maximum Gasteiger partial charge on any atom is 0.162 e. The molecule has 0 bridgehead atoms. The van der Waals surface area contributed by atoms with E-state index < -0.39 is 0 Å². The van der Waals surface area contributed by atoms with Gasteiger partial charge in [0, 0.05) is 20.2 Å². The lowest BCUT2D eigenvalue weighted by Gasteiger charge is -2.33. The number of hydrogen-bond acceptors (Lipinski definition) is 5. The Bertz CT molecular complexity index is 480. The first-order valence-electron chi connectivity index (χ1n) is 6.50. The van der Waals surface area contributed by atoms with Crippen LogP contribution in [-0.2, 0) is 4.74 Å². The van der Waals surface area contributed by atoms with Gasteiger partial charge in [-0.05, 0) is 32.3 Å². The van der Waals surface area contributed by atoms with Crippen molar-refractivity contribution in [3.8, 4) is 0 Å². The molecule has 2 rings (SSSR count). The molecule has 0 amide bonds. The number of rotatable bonds is 3. The Hall–Kier alpha value is -1.69. The van der Waals surface area contributed by atoms with Crippen LogP contribution in [-0.4, -0.2) is 42.3 Å². The summed E-state index contributed by atoms with van der Waals surface area (Å²) < 4.78 is 5.37. The molecule has 0 unspecified atom stereocenters. The van der Waals surface area contributed by atoms with Crippen LogP contribution in [0.25, 0.3) is 0 Å². The highest BCUT2D eigenvalue weighted by Crippen LogP contribution is 2.25. The molecule has 0 aromatic carbocycles. The molecule has 0 radical (unpaired) electrons. The summed E-state index contributed by atoms with van der Waals surface area (Å²) in [6, 6.07) is 0. The fraction of sp³-hybridized carbons (Fsp3) is 0.615. The van der Waals surface area contributed by atoms with Gasteiger partial charge in [0.05, 0.1) is 17.4 Å². The summed E-state index contributed by atoms with van der Waals surface area (Å²) in [6.45, 7) is 5.54. The summed E-state index contributed by atoms with van der Waals surface area (Å²) in [4.78, 5) is 2.14. The molecule has 1 fully saturated rings. The van der Waals surface area contributed by atoms with Crippen LogP contribution in [0, 0.1) is 19.3 Å². The van der Waals surface area contributed by atoms with E-state index in [1.54, 1.807) is 7.11 Å². The minimum Gasteiger partial charge on any atom is -0.384 e. The van der Waals surface area contributed by atoms with Crippen LogP contribution in [0.4, 0.5) is 5.82 Å². The first-order valence-corrected chi connectivity index (χ1v) is 6.50. The minimum absolute atomic E-state index is 0.0550. The second kappa shape index (κ2) is 5.52. The highest BCUT2D eigenvalue weighted by atomic mass is 16.5. The number of amidine groups is 1. The predicted molar refractivity (Wildman–Crippen MR) is 74.8 cm³/mol. The number of piperidine rings is 1. The zero-order chi connectivity index (χ0) is 14.0. The molecule has 3 N–H and O–H groups in total. The predicted octanol–water partition coefficient (Wildman–Crippen LogP) is 0.993. The quantitative estimate of drug-likeness (QED) is 0.627. The number of aryl methyl sites for hydroxylation is 1. The molecule has 0 aliphatic carbocycles. The normalized spacial score (nSPS) is 16.7. The van der Waals surface area contributed by atoms with Crippen LogP contribution in [0.5, 0.6) is 0 Å². The lowest BCUT2D eigenvalue weighted by Crippen LogP contribution is -2.38. The van der Waals surface area contributed by atoms with Gasteiger partial charge >= 0.3 is 0 Å². The molecule has 6 heteroatoms. The third kappa shape index (κ3) is 2.68. The average Bonchev–Trinajstić information content (AvgIpc) is 2.41. The van der Waals surface area contributed by atoms with Crippen molar-refractivity contribution in [2.45, 2.75) is 32.8 Å². The van der Waals surface area contributed by atoms with Crippen LogP contribution < -0.4 is 10.6 Å². The van der Waals surface area contributed by atoms with E-state index >= 15 is 0 Å². The zero-order valence-corrected chi connectivity index (χ0v) is 11.7. The van der Waals surface area contributed by atoms with E-state index in [1.807, 2.05) is 13.8 Å². The highest BCUT2D eigenvalue weighted by Gasteiger charge is 2.24. The molecule has 1 aromatic heterocycles. The van der Waals surface area contributed by atoms with Gasteiger partial charge < -0.3 is 15.4 Å². The van der Waals surface area contributed by atoms with Crippen molar-refractivity contribution in [2.75, 3.05) is 25.1 Å². The third-order valence-electron chi connectivity index (χ3n) is 3.78. The van der Waals surface area contributed by atoms with Crippen molar-refractivity contribution in [1.29, 1.82) is 5.41 Å². The van der Waals surface area contributed by atoms with E-state index in [9.17, 15) is 0 Å². The fourth-order valence-electron chi connectivity index (χ4n) is 2.44. The monoisotopic (exact) mass is 263 g/mol. The molecule has 104 valence electrons. The van der Waals surface area contributed by atoms with E-state index in [4.69, 9.17) is 15.9 Å². The van der Waals surface area contributed by atoms with Gasteiger partial charge in [0.1, 0.15) is 5.84 Å². The smallest absolute Gasteiger partial charge is 0.162 e. The van der Waals surface area contributed by atoms with Gasteiger partial charge in [0.25, 0.3) is 0 Å². The van der Waals surface area contributed by atoms with Gasteiger partial charge in [-0.3, -0.25) is 5.41 Å². The van der Waals surface area contributed by atoms with Crippen molar-refractivity contribution in [3.05, 3.63) is 16.8 Å². The Morgan fingerprint density at radius 3 is 2.47 bits per heavy atom. The summed E-state index contributed by atoms with van der Waals surface area (Å²) in [7, 11) is 1.75. The van der Waals surface area contributed by atoms with E-state index in [2.05, 4.69) is 15.1 Å². The molecule has 0 saturated carbocycles. The van der Waals surface area contributed by atoms with Crippen molar-refractivity contribution in [2.24, 2.45) is 5.73 Å². The SMILES string of the molecule is COC1CCN(c2nnc(C)c(C)c2C(=N)N)CC1. The lowest BCUT2D eigenvalue weighted by molar-refractivity contribution is 0.0817. The Morgan fingerprint density at radius 2 is 1.95 bits per heavy atom.